The molecule has 1 rings (SSSR count). The minimum Gasteiger partial charge on any atom is -1.00 e. The van der Waals surface area contributed by atoms with E-state index in [9.17, 15) is 26.4 Å². The second-order valence-corrected chi connectivity index (χ2v) is 5.58. The molecule has 0 aliphatic carbocycles. The second-order valence-electron chi connectivity index (χ2n) is 3.46. The maximum Gasteiger partial charge on any atom is 1.00 e. The molecule has 0 radical (unpaired) electrons. The van der Waals surface area contributed by atoms with Crippen molar-refractivity contribution in [2.24, 2.45) is 0 Å². The van der Waals surface area contributed by atoms with Crippen molar-refractivity contribution < 1.29 is 51.8 Å². The predicted octanol–water partition coefficient (Wildman–Crippen LogP) is -1.83. The van der Waals surface area contributed by atoms with Crippen LogP contribution < -0.4 is 18.9 Å². The number of rotatable bonds is 3. The molecule has 1 aromatic rings. The van der Waals surface area contributed by atoms with Crippen LogP contribution in [0.15, 0.2) is 11.0 Å². The van der Waals surface area contributed by atoms with E-state index in [0.29, 0.717) is 4.31 Å². The van der Waals surface area contributed by atoms with Crippen LogP contribution in [0.2, 0.25) is 0 Å². The molecule has 0 amide bonds. The molecule has 10 heteroatoms. The number of halogens is 3. The minimum absolute atomic E-state index is 0. The smallest absolute Gasteiger partial charge is 1.00 e. The van der Waals surface area contributed by atoms with Crippen molar-refractivity contribution in [1.82, 2.24) is 4.31 Å². The normalized spacial score (nSPS) is 11.3. The molecule has 1 aromatic carbocycles. The first kappa shape index (κ1) is 18.0. The van der Waals surface area contributed by atoms with Crippen molar-refractivity contribution in [3.05, 3.63) is 29.1 Å². The summed E-state index contributed by atoms with van der Waals surface area (Å²) in [4.78, 5) is 9.36. The Hall–Kier alpha value is -1.01. The predicted molar refractivity (Wildman–Crippen MR) is 55.3 cm³/mol. The third-order valence-electron chi connectivity index (χ3n) is 2.10. The Morgan fingerprint density at radius 1 is 1.21 bits per heavy atom. The number of benzene rings is 1. The van der Waals surface area contributed by atoms with Crippen LogP contribution in [-0.4, -0.2) is 37.9 Å². The van der Waals surface area contributed by atoms with Gasteiger partial charge in [0.2, 0.25) is 10.0 Å². The largest absolute Gasteiger partial charge is 1.00 e. The van der Waals surface area contributed by atoms with E-state index >= 15 is 0 Å². The first-order chi connectivity index (χ1) is 8.10. The Labute approximate surface area is 120 Å². The molecule has 0 spiro atoms. The molecule has 0 atom stereocenters. The van der Waals surface area contributed by atoms with Gasteiger partial charge >= 0.3 is 24.8 Å². The third-order valence-corrected chi connectivity index (χ3v) is 3.92. The van der Waals surface area contributed by atoms with E-state index in [1.54, 1.807) is 0 Å². The number of aromatic carboxylic acids is 1. The van der Waals surface area contributed by atoms with Gasteiger partial charge in [0, 0.05) is 14.1 Å². The molecule has 0 fully saturated rings. The van der Waals surface area contributed by atoms with Crippen LogP contribution in [0, 0.1) is 17.5 Å². The summed E-state index contributed by atoms with van der Waals surface area (Å²) in [6.45, 7) is 0. The van der Waals surface area contributed by atoms with Gasteiger partial charge in [-0.1, -0.05) is 0 Å². The van der Waals surface area contributed by atoms with Gasteiger partial charge in [0.05, 0.1) is 5.56 Å². The Kier molecular flexibility index (Phi) is 5.64. The standard InChI is InChI=1S/C9H8F3NO4S.Li.H/c1-13(2)18(16,17)5-3-4(9(14)15)6(10)8(12)7(5)11;;/h3H,1-2H3,(H,14,15);;/q;+1;-1. The number of carboxylic acids is 1. The van der Waals surface area contributed by atoms with Gasteiger partial charge in [0.25, 0.3) is 0 Å². The van der Waals surface area contributed by atoms with Crippen LogP contribution in [0.1, 0.15) is 11.8 Å². The molecule has 0 aromatic heterocycles. The van der Waals surface area contributed by atoms with Crippen LogP contribution in [0.4, 0.5) is 13.2 Å². The van der Waals surface area contributed by atoms with Crippen molar-refractivity contribution in [3.8, 4) is 0 Å². The zero-order valence-electron chi connectivity index (χ0n) is 11.2. The van der Waals surface area contributed by atoms with E-state index in [0.717, 1.165) is 14.1 Å². The fourth-order valence-corrected chi connectivity index (χ4v) is 2.10. The zero-order chi connectivity index (χ0) is 14.2. The van der Waals surface area contributed by atoms with E-state index in [1.165, 1.54) is 0 Å². The fraction of sp³-hybridized carbons (Fsp3) is 0.222. The monoisotopic (exact) mass is 291 g/mol. The van der Waals surface area contributed by atoms with Gasteiger partial charge in [-0.25, -0.2) is 30.7 Å². The van der Waals surface area contributed by atoms with Crippen molar-refractivity contribution in [1.29, 1.82) is 0 Å². The van der Waals surface area contributed by atoms with Crippen molar-refractivity contribution in [2.75, 3.05) is 14.1 Å². The second kappa shape index (κ2) is 5.96. The molecule has 1 N–H and O–H groups in total. The summed E-state index contributed by atoms with van der Waals surface area (Å²) in [7, 11) is -2.34. The van der Waals surface area contributed by atoms with Gasteiger partial charge in [-0.15, -0.1) is 0 Å². The van der Waals surface area contributed by atoms with E-state index in [1.807, 2.05) is 0 Å². The Bertz CT molecular complexity index is 624. The van der Waals surface area contributed by atoms with E-state index in [4.69, 9.17) is 5.11 Å². The molecular formula is C9H9F3LiNO4S. The molecule has 0 heterocycles. The molecular weight excluding hydrogens is 282 g/mol. The molecule has 0 aliphatic rings. The summed E-state index contributed by atoms with van der Waals surface area (Å²) >= 11 is 0. The van der Waals surface area contributed by atoms with Gasteiger partial charge in [-0.3, -0.25) is 0 Å². The van der Waals surface area contributed by atoms with Crippen molar-refractivity contribution in [3.63, 3.8) is 0 Å². The number of hydrogen-bond acceptors (Lipinski definition) is 3. The molecule has 0 saturated carbocycles. The van der Waals surface area contributed by atoms with Gasteiger partial charge in [-0.05, 0) is 6.07 Å². The van der Waals surface area contributed by atoms with Crippen LogP contribution in [0.5, 0.6) is 0 Å². The molecule has 0 saturated heterocycles. The average molecular weight is 291 g/mol. The summed E-state index contributed by atoms with van der Waals surface area (Å²) in [6.07, 6.45) is 0. The summed E-state index contributed by atoms with van der Waals surface area (Å²) in [5.41, 5.74) is -1.26. The third kappa shape index (κ3) is 3.12. The number of nitrogens with zero attached hydrogens (tertiary/aromatic N) is 1. The van der Waals surface area contributed by atoms with E-state index < -0.39 is 43.9 Å². The molecule has 0 unspecified atom stereocenters. The Balaban J connectivity index is 0. The van der Waals surface area contributed by atoms with Crippen molar-refractivity contribution in [2.45, 2.75) is 4.90 Å². The maximum atomic E-state index is 13.3. The zero-order valence-corrected chi connectivity index (χ0v) is 11.1. The van der Waals surface area contributed by atoms with Gasteiger partial charge in [0.15, 0.2) is 17.5 Å². The van der Waals surface area contributed by atoms with Crippen molar-refractivity contribution >= 4 is 16.0 Å². The number of carbonyl (C=O) groups is 1. The molecule has 5 nitrogen and oxygen atoms in total. The number of hydrogen-bond donors (Lipinski definition) is 1. The van der Waals surface area contributed by atoms with E-state index in [2.05, 4.69) is 0 Å². The Morgan fingerprint density at radius 3 is 2.05 bits per heavy atom. The molecule has 19 heavy (non-hydrogen) atoms. The summed E-state index contributed by atoms with van der Waals surface area (Å²) in [6, 6.07) is 0.241. The minimum atomic E-state index is -4.41. The first-order valence-corrected chi connectivity index (χ1v) is 5.88. The maximum absolute atomic E-state index is 13.3. The molecule has 0 aliphatic heterocycles. The average Bonchev–Trinajstić information content (AvgIpc) is 2.25. The Morgan fingerprint density at radius 2 is 1.68 bits per heavy atom. The van der Waals surface area contributed by atoms with Crippen LogP contribution in [-0.2, 0) is 10.0 Å². The van der Waals surface area contributed by atoms with Crippen LogP contribution in [0.25, 0.3) is 0 Å². The van der Waals surface area contributed by atoms with Crippen LogP contribution in [0.3, 0.4) is 0 Å². The fourth-order valence-electron chi connectivity index (χ4n) is 1.12. The summed E-state index contributed by atoms with van der Waals surface area (Å²) < 4.78 is 63.3. The van der Waals surface area contributed by atoms with Gasteiger partial charge in [0.1, 0.15) is 4.90 Å². The van der Waals surface area contributed by atoms with Crippen LogP contribution >= 0.6 is 0 Å². The van der Waals surface area contributed by atoms with Gasteiger partial charge in [-0.2, -0.15) is 0 Å². The summed E-state index contributed by atoms with van der Waals surface area (Å²) in [5, 5.41) is 8.57. The number of carboxylic acid groups (broad SMARTS) is 1. The topological polar surface area (TPSA) is 74.7 Å². The van der Waals surface area contributed by atoms with Gasteiger partial charge < -0.3 is 6.53 Å². The first-order valence-electron chi connectivity index (χ1n) is 4.44. The molecule has 102 valence electrons. The summed E-state index contributed by atoms with van der Waals surface area (Å²) in [5.74, 6) is -7.94. The SMILES string of the molecule is CN(C)S(=O)(=O)c1cc(C(=O)O)c(F)c(F)c1F.[H-].[Li+]. The number of sulfonamides is 1. The molecule has 0 bridgehead atoms. The quantitative estimate of drug-likeness (QED) is 0.525. The van der Waals surface area contributed by atoms with E-state index in [-0.39, 0.29) is 26.4 Å².